The second-order valence-corrected chi connectivity index (χ2v) is 8.06. The van der Waals surface area contributed by atoms with Crippen molar-refractivity contribution < 1.29 is 13.2 Å². The number of anilines is 1. The average molecular weight is 367 g/mol. The van der Waals surface area contributed by atoms with Crippen LogP contribution in [0.3, 0.4) is 0 Å². The van der Waals surface area contributed by atoms with E-state index in [0.717, 1.165) is 15.6 Å². The number of nitrogens with zero attached hydrogens (tertiary/aromatic N) is 1. The summed E-state index contributed by atoms with van der Waals surface area (Å²) in [5.74, 6) is -0.204. The summed E-state index contributed by atoms with van der Waals surface area (Å²) in [7, 11) is -0.666. The lowest BCUT2D eigenvalue weighted by atomic mass is 10.1. The van der Waals surface area contributed by atoms with Gasteiger partial charge in [0, 0.05) is 30.4 Å². The van der Waals surface area contributed by atoms with Crippen molar-refractivity contribution in [3.05, 3.63) is 58.6 Å². The highest BCUT2D eigenvalue weighted by Gasteiger charge is 2.18. The number of hydrogen-bond donors (Lipinski definition) is 1. The van der Waals surface area contributed by atoms with Gasteiger partial charge in [-0.3, -0.25) is 4.79 Å². The van der Waals surface area contributed by atoms with Gasteiger partial charge in [0.25, 0.3) is 0 Å². The molecule has 0 saturated carbocycles. The number of sulfonamides is 1. The molecule has 0 aliphatic heterocycles. The molecule has 0 aliphatic rings. The smallest absolute Gasteiger partial charge is 0.242 e. The summed E-state index contributed by atoms with van der Waals surface area (Å²) in [5.41, 5.74) is 1.97. The SMILES string of the molecule is Cc1c(Cl)cccc1NCC(=O)c1cccc(S(=O)(=O)N(C)C)c1. The van der Waals surface area contributed by atoms with Crippen molar-refractivity contribution in [1.29, 1.82) is 0 Å². The summed E-state index contributed by atoms with van der Waals surface area (Å²) in [4.78, 5) is 12.5. The Morgan fingerprint density at radius 3 is 2.50 bits per heavy atom. The van der Waals surface area contributed by atoms with E-state index in [2.05, 4.69) is 5.32 Å². The van der Waals surface area contributed by atoms with Gasteiger partial charge in [-0.1, -0.05) is 29.8 Å². The first-order valence-electron chi connectivity index (χ1n) is 7.28. The summed E-state index contributed by atoms with van der Waals surface area (Å²) in [5, 5.41) is 3.66. The fourth-order valence-corrected chi connectivity index (χ4v) is 3.24. The van der Waals surface area contributed by atoms with Crippen molar-refractivity contribution in [3.8, 4) is 0 Å². The predicted octanol–water partition coefficient (Wildman–Crippen LogP) is 3.19. The molecule has 0 atom stereocenters. The molecule has 0 unspecified atom stereocenters. The minimum Gasteiger partial charge on any atom is -0.377 e. The summed E-state index contributed by atoms with van der Waals surface area (Å²) in [6.45, 7) is 1.91. The Labute approximate surface area is 147 Å². The molecule has 2 aromatic rings. The molecular formula is C17H19ClN2O3S. The van der Waals surface area contributed by atoms with Gasteiger partial charge in [0.2, 0.25) is 10.0 Å². The van der Waals surface area contributed by atoms with Gasteiger partial charge in [-0.25, -0.2) is 12.7 Å². The van der Waals surface area contributed by atoms with Crippen LogP contribution >= 0.6 is 11.6 Å². The van der Waals surface area contributed by atoms with E-state index in [9.17, 15) is 13.2 Å². The molecule has 0 aromatic heterocycles. The third kappa shape index (κ3) is 3.95. The Kier molecular flexibility index (Phi) is 5.64. The summed E-state index contributed by atoms with van der Waals surface area (Å²) < 4.78 is 25.4. The van der Waals surface area contributed by atoms with Gasteiger partial charge in [0.1, 0.15) is 0 Å². The number of carbonyl (C=O) groups excluding carboxylic acids is 1. The van der Waals surface area contributed by atoms with Gasteiger partial charge < -0.3 is 5.32 Å². The molecule has 0 heterocycles. The Morgan fingerprint density at radius 1 is 1.17 bits per heavy atom. The van der Waals surface area contributed by atoms with E-state index in [1.165, 1.54) is 26.2 Å². The summed E-state index contributed by atoms with van der Waals surface area (Å²) in [6.07, 6.45) is 0. The molecule has 0 fully saturated rings. The quantitative estimate of drug-likeness (QED) is 0.797. The number of carbonyl (C=O) groups is 1. The van der Waals surface area contributed by atoms with Crippen molar-refractivity contribution in [2.45, 2.75) is 11.8 Å². The molecule has 0 amide bonds. The number of benzene rings is 2. The highest BCUT2D eigenvalue weighted by atomic mass is 35.5. The van der Waals surface area contributed by atoms with Gasteiger partial charge in [-0.15, -0.1) is 0 Å². The molecule has 1 N–H and O–H groups in total. The molecule has 128 valence electrons. The number of hydrogen-bond acceptors (Lipinski definition) is 4. The third-order valence-electron chi connectivity index (χ3n) is 3.64. The van der Waals surface area contributed by atoms with Crippen molar-refractivity contribution >= 4 is 33.1 Å². The zero-order chi connectivity index (χ0) is 17.9. The molecule has 2 rings (SSSR count). The molecule has 0 bridgehead atoms. The van der Waals surface area contributed by atoms with Crippen LogP contribution in [0.25, 0.3) is 0 Å². The molecule has 0 radical (unpaired) electrons. The van der Waals surface area contributed by atoms with Gasteiger partial charge in [-0.05, 0) is 36.8 Å². The van der Waals surface area contributed by atoms with Gasteiger partial charge in [0.05, 0.1) is 11.4 Å². The normalized spacial score (nSPS) is 11.5. The van der Waals surface area contributed by atoms with Crippen molar-refractivity contribution in [2.75, 3.05) is 26.0 Å². The van der Waals surface area contributed by atoms with Crippen LogP contribution in [0, 0.1) is 6.92 Å². The zero-order valence-corrected chi connectivity index (χ0v) is 15.3. The molecular weight excluding hydrogens is 348 g/mol. The van der Waals surface area contributed by atoms with Gasteiger partial charge in [0.15, 0.2) is 5.78 Å². The Hall–Kier alpha value is -1.89. The minimum atomic E-state index is -3.57. The van der Waals surface area contributed by atoms with Gasteiger partial charge in [-0.2, -0.15) is 0 Å². The molecule has 2 aromatic carbocycles. The van der Waals surface area contributed by atoms with Crippen LogP contribution in [0.1, 0.15) is 15.9 Å². The first-order valence-corrected chi connectivity index (χ1v) is 9.10. The topological polar surface area (TPSA) is 66.5 Å². The Morgan fingerprint density at radius 2 is 1.83 bits per heavy atom. The van der Waals surface area contributed by atoms with Crippen LogP contribution in [0.15, 0.2) is 47.4 Å². The van der Waals surface area contributed by atoms with Crippen LogP contribution in [0.4, 0.5) is 5.69 Å². The standard InChI is InChI=1S/C17H19ClN2O3S/c1-12-15(18)8-5-9-16(12)19-11-17(21)13-6-4-7-14(10-13)24(22,23)20(2)3/h4-10,19H,11H2,1-3H3. The van der Waals surface area contributed by atoms with Crippen LogP contribution < -0.4 is 5.32 Å². The first kappa shape index (κ1) is 18.4. The first-order chi connectivity index (χ1) is 11.2. The Bertz CT molecular complexity index is 864. The lowest BCUT2D eigenvalue weighted by Gasteiger charge is -2.13. The number of ketones is 1. The molecule has 24 heavy (non-hydrogen) atoms. The lowest BCUT2D eigenvalue weighted by molar-refractivity contribution is 0.101. The average Bonchev–Trinajstić information content (AvgIpc) is 2.56. The van der Waals surface area contributed by atoms with E-state index in [4.69, 9.17) is 11.6 Å². The van der Waals surface area contributed by atoms with Crippen molar-refractivity contribution in [1.82, 2.24) is 4.31 Å². The number of rotatable bonds is 6. The van der Waals surface area contributed by atoms with E-state index in [1.54, 1.807) is 24.3 Å². The van der Waals surface area contributed by atoms with Crippen LogP contribution in [-0.2, 0) is 10.0 Å². The number of Topliss-reactive ketones (excluding diaryl/α,β-unsaturated/α-hetero) is 1. The molecule has 0 saturated heterocycles. The fourth-order valence-electron chi connectivity index (χ4n) is 2.12. The predicted molar refractivity (Wildman–Crippen MR) is 96.3 cm³/mol. The monoisotopic (exact) mass is 366 g/mol. The van der Waals surface area contributed by atoms with E-state index >= 15 is 0 Å². The number of halogens is 1. The van der Waals surface area contributed by atoms with Crippen molar-refractivity contribution in [3.63, 3.8) is 0 Å². The second kappa shape index (κ2) is 7.34. The van der Waals surface area contributed by atoms with Gasteiger partial charge >= 0.3 is 0 Å². The van der Waals surface area contributed by atoms with Crippen LogP contribution in [0.2, 0.25) is 5.02 Å². The zero-order valence-electron chi connectivity index (χ0n) is 13.7. The second-order valence-electron chi connectivity index (χ2n) is 5.50. The largest absolute Gasteiger partial charge is 0.377 e. The van der Waals surface area contributed by atoms with E-state index in [0.29, 0.717) is 10.6 Å². The molecule has 5 nitrogen and oxygen atoms in total. The summed E-state index contributed by atoms with van der Waals surface area (Å²) >= 11 is 6.05. The molecule has 0 aliphatic carbocycles. The third-order valence-corrected chi connectivity index (χ3v) is 5.86. The van der Waals surface area contributed by atoms with Crippen molar-refractivity contribution in [2.24, 2.45) is 0 Å². The molecule has 0 spiro atoms. The minimum absolute atomic E-state index is 0.0483. The maximum absolute atomic E-state index is 12.4. The highest BCUT2D eigenvalue weighted by Crippen LogP contribution is 2.23. The highest BCUT2D eigenvalue weighted by molar-refractivity contribution is 7.89. The maximum Gasteiger partial charge on any atom is 0.242 e. The van der Waals surface area contributed by atoms with E-state index in [1.807, 2.05) is 13.0 Å². The lowest BCUT2D eigenvalue weighted by Crippen LogP contribution is -2.22. The summed E-state index contributed by atoms with van der Waals surface area (Å²) in [6, 6.07) is 11.4. The Balaban J connectivity index is 2.18. The van der Waals surface area contributed by atoms with E-state index < -0.39 is 10.0 Å². The van der Waals surface area contributed by atoms with Crippen LogP contribution in [-0.4, -0.2) is 39.1 Å². The fraction of sp³-hybridized carbons (Fsp3) is 0.235. The van der Waals surface area contributed by atoms with E-state index in [-0.39, 0.29) is 17.2 Å². The number of nitrogens with one attached hydrogen (secondary N) is 1. The molecule has 7 heteroatoms. The maximum atomic E-state index is 12.4. The van der Waals surface area contributed by atoms with Crippen LogP contribution in [0.5, 0.6) is 0 Å².